The van der Waals surface area contributed by atoms with E-state index in [1.807, 2.05) is 13.8 Å². The molecule has 0 saturated heterocycles. The van der Waals surface area contributed by atoms with Crippen molar-refractivity contribution in [1.29, 1.82) is 0 Å². The summed E-state index contributed by atoms with van der Waals surface area (Å²) < 4.78 is 56.2. The van der Waals surface area contributed by atoms with Crippen LogP contribution in [0.2, 0.25) is 0 Å². The number of para-hydroxylation sites is 1. The van der Waals surface area contributed by atoms with Crippen LogP contribution in [0.5, 0.6) is 0 Å². The minimum absolute atomic E-state index is 0.000973. The van der Waals surface area contributed by atoms with Gasteiger partial charge in [0.2, 0.25) is 10.0 Å². The van der Waals surface area contributed by atoms with Crippen LogP contribution >= 0.6 is 0 Å². The summed E-state index contributed by atoms with van der Waals surface area (Å²) in [5.41, 5.74) is 2.91. The molecule has 3 aromatic rings. The minimum atomic E-state index is -3.89. The molecule has 0 saturated carbocycles. The molecule has 0 unspecified atom stereocenters. The zero-order valence-corrected chi connectivity index (χ0v) is 20.0. The van der Waals surface area contributed by atoms with Gasteiger partial charge in [-0.25, -0.2) is 16.8 Å². The maximum absolute atomic E-state index is 13.5. The predicted octanol–water partition coefficient (Wildman–Crippen LogP) is 3.71. The highest BCUT2D eigenvalue weighted by molar-refractivity contribution is 7.92. The molecule has 0 fully saturated rings. The Balaban J connectivity index is 1.77. The topological polar surface area (TPSA) is 74.8 Å². The van der Waals surface area contributed by atoms with Gasteiger partial charge in [0, 0.05) is 6.54 Å². The highest BCUT2D eigenvalue weighted by Gasteiger charge is 2.30. The number of sulfonamides is 2. The number of rotatable bonds is 4. The molecular weight excluding hydrogens is 456 g/mol. The summed E-state index contributed by atoms with van der Waals surface area (Å²) in [5, 5.41) is 0. The van der Waals surface area contributed by atoms with E-state index in [1.54, 1.807) is 72.8 Å². The predicted molar refractivity (Wildman–Crippen MR) is 129 cm³/mol. The summed E-state index contributed by atoms with van der Waals surface area (Å²) in [6.07, 6.45) is 0. The van der Waals surface area contributed by atoms with Crippen molar-refractivity contribution in [1.82, 2.24) is 4.31 Å². The fourth-order valence-corrected chi connectivity index (χ4v) is 6.30. The average molecular weight is 481 g/mol. The largest absolute Gasteiger partial charge is 0.265 e. The molecule has 0 radical (unpaired) electrons. The SMILES string of the molecule is Cc1ccc(S(=O)(=O)N2CC#CCN(S(=O)(=O)c3ccc(C)cc3)c3ccccc3C2)cc1. The van der Waals surface area contributed by atoms with Crippen LogP contribution in [0.3, 0.4) is 0 Å². The van der Waals surface area contributed by atoms with Crippen molar-refractivity contribution in [3.8, 4) is 11.8 Å². The molecule has 0 aliphatic carbocycles. The monoisotopic (exact) mass is 480 g/mol. The zero-order chi connectivity index (χ0) is 23.6. The molecule has 0 aromatic heterocycles. The second kappa shape index (κ2) is 9.02. The van der Waals surface area contributed by atoms with Crippen LogP contribution in [0.1, 0.15) is 16.7 Å². The molecule has 33 heavy (non-hydrogen) atoms. The Morgan fingerprint density at radius 3 is 1.79 bits per heavy atom. The lowest BCUT2D eigenvalue weighted by molar-refractivity contribution is 0.443. The summed E-state index contributed by atoms with van der Waals surface area (Å²) >= 11 is 0. The number of nitrogens with zero attached hydrogens (tertiary/aromatic N) is 2. The van der Waals surface area contributed by atoms with Gasteiger partial charge >= 0.3 is 0 Å². The Labute approximate surface area is 195 Å². The van der Waals surface area contributed by atoms with Gasteiger partial charge in [0.05, 0.1) is 28.6 Å². The van der Waals surface area contributed by atoms with Crippen LogP contribution in [0.4, 0.5) is 5.69 Å². The molecule has 0 atom stereocenters. The van der Waals surface area contributed by atoms with Crippen molar-refractivity contribution in [2.24, 2.45) is 0 Å². The quantitative estimate of drug-likeness (QED) is 0.534. The third kappa shape index (κ3) is 4.67. The average Bonchev–Trinajstić information content (AvgIpc) is 2.89. The molecule has 4 rings (SSSR count). The van der Waals surface area contributed by atoms with Crippen LogP contribution in [0.25, 0.3) is 0 Å². The van der Waals surface area contributed by atoms with Gasteiger partial charge in [-0.3, -0.25) is 4.31 Å². The van der Waals surface area contributed by atoms with Crippen LogP contribution in [-0.4, -0.2) is 34.2 Å². The number of benzene rings is 3. The minimum Gasteiger partial charge on any atom is -0.254 e. The van der Waals surface area contributed by atoms with Crippen molar-refractivity contribution in [3.05, 3.63) is 89.5 Å². The first kappa shape index (κ1) is 23.1. The van der Waals surface area contributed by atoms with Crippen molar-refractivity contribution in [2.75, 3.05) is 17.4 Å². The Kier molecular flexibility index (Phi) is 6.30. The summed E-state index contributed by atoms with van der Waals surface area (Å²) in [4.78, 5) is 0.337. The van der Waals surface area contributed by atoms with Crippen LogP contribution in [-0.2, 0) is 26.6 Å². The van der Waals surface area contributed by atoms with E-state index in [1.165, 1.54) is 8.61 Å². The van der Waals surface area contributed by atoms with Gasteiger partial charge in [-0.05, 0) is 49.7 Å². The van der Waals surface area contributed by atoms with Crippen LogP contribution in [0, 0.1) is 25.7 Å². The van der Waals surface area contributed by atoms with Crippen LogP contribution in [0.15, 0.2) is 82.6 Å². The van der Waals surface area contributed by atoms with E-state index in [0.717, 1.165) is 11.1 Å². The van der Waals surface area contributed by atoms with Gasteiger partial charge in [-0.1, -0.05) is 65.4 Å². The highest BCUT2D eigenvalue weighted by Crippen LogP contribution is 2.30. The van der Waals surface area contributed by atoms with Gasteiger partial charge < -0.3 is 0 Å². The first-order chi connectivity index (χ1) is 15.7. The van der Waals surface area contributed by atoms with E-state index in [2.05, 4.69) is 11.8 Å². The second-order valence-corrected chi connectivity index (χ2v) is 11.7. The van der Waals surface area contributed by atoms with Gasteiger partial charge in [-0.15, -0.1) is 0 Å². The maximum Gasteiger partial charge on any atom is 0.265 e. The molecule has 1 heterocycles. The van der Waals surface area contributed by atoms with E-state index in [-0.39, 0.29) is 29.4 Å². The Bertz CT molecular complexity index is 1430. The van der Waals surface area contributed by atoms with E-state index < -0.39 is 20.0 Å². The number of anilines is 1. The summed E-state index contributed by atoms with van der Waals surface area (Å²) in [6, 6.07) is 20.2. The lowest BCUT2D eigenvalue weighted by Crippen LogP contribution is -2.33. The molecular formula is C25H24N2O4S2. The van der Waals surface area contributed by atoms with Crippen molar-refractivity contribution >= 4 is 25.7 Å². The lowest BCUT2D eigenvalue weighted by atomic mass is 10.2. The molecule has 0 bridgehead atoms. The smallest absolute Gasteiger partial charge is 0.254 e. The third-order valence-electron chi connectivity index (χ3n) is 5.48. The van der Waals surface area contributed by atoms with Crippen LogP contribution < -0.4 is 4.31 Å². The van der Waals surface area contributed by atoms with Crippen molar-refractivity contribution in [3.63, 3.8) is 0 Å². The Morgan fingerprint density at radius 2 is 1.18 bits per heavy atom. The molecule has 0 amide bonds. The van der Waals surface area contributed by atoms with E-state index in [0.29, 0.717) is 11.3 Å². The van der Waals surface area contributed by atoms with E-state index in [4.69, 9.17) is 0 Å². The van der Waals surface area contributed by atoms with Gasteiger partial charge in [0.1, 0.15) is 0 Å². The Morgan fingerprint density at radius 1 is 0.667 bits per heavy atom. The third-order valence-corrected chi connectivity index (χ3v) is 9.06. The van der Waals surface area contributed by atoms with Crippen molar-refractivity contribution in [2.45, 2.75) is 30.2 Å². The number of fused-ring (bicyclic) bond motifs is 1. The molecule has 0 N–H and O–H groups in total. The fourth-order valence-electron chi connectivity index (χ4n) is 3.57. The van der Waals surface area contributed by atoms with Crippen molar-refractivity contribution < 1.29 is 16.8 Å². The lowest BCUT2D eigenvalue weighted by Gasteiger charge is -2.26. The molecule has 8 heteroatoms. The van der Waals surface area contributed by atoms with Gasteiger partial charge in [0.25, 0.3) is 10.0 Å². The van der Waals surface area contributed by atoms with E-state index >= 15 is 0 Å². The van der Waals surface area contributed by atoms with E-state index in [9.17, 15) is 16.8 Å². The summed E-state index contributed by atoms with van der Waals surface area (Å²) in [7, 11) is -7.72. The number of hydrogen-bond acceptors (Lipinski definition) is 4. The standard InChI is InChI=1S/C25H24N2O4S2/c1-20-9-13-23(14-10-20)32(28,29)26-17-5-6-18-27(25-8-4-3-7-22(25)19-26)33(30,31)24-15-11-21(2)12-16-24/h3-4,7-16H,17-19H2,1-2H3. The fraction of sp³-hybridized carbons (Fsp3) is 0.200. The van der Waals surface area contributed by atoms with Gasteiger partial charge in [0.15, 0.2) is 0 Å². The molecule has 1 aliphatic rings. The number of aryl methyl sites for hydroxylation is 2. The molecule has 6 nitrogen and oxygen atoms in total. The molecule has 0 spiro atoms. The Hall–Kier alpha value is -3.12. The first-order valence-corrected chi connectivity index (χ1v) is 13.3. The highest BCUT2D eigenvalue weighted by atomic mass is 32.2. The summed E-state index contributed by atoms with van der Waals surface area (Å²) in [6.45, 7) is 3.66. The summed E-state index contributed by atoms with van der Waals surface area (Å²) in [5.74, 6) is 5.71. The molecule has 3 aromatic carbocycles. The second-order valence-electron chi connectivity index (χ2n) is 7.89. The maximum atomic E-state index is 13.5. The zero-order valence-electron chi connectivity index (χ0n) is 18.4. The molecule has 1 aliphatic heterocycles. The first-order valence-electron chi connectivity index (χ1n) is 10.4. The normalized spacial score (nSPS) is 14.9. The molecule has 170 valence electrons. The van der Waals surface area contributed by atoms with Gasteiger partial charge in [-0.2, -0.15) is 4.31 Å². The number of hydrogen-bond donors (Lipinski definition) is 0.